The van der Waals surface area contributed by atoms with Gasteiger partial charge in [0.25, 0.3) is 6.10 Å². The molecule has 0 rings (SSSR count). The molecule has 2 unspecified atom stereocenters. The maximum atomic E-state index is 11.2. The third kappa shape index (κ3) is 4.18. The molecule has 0 N–H and O–H groups in total. The summed E-state index contributed by atoms with van der Waals surface area (Å²) in [5, 5.41) is 0. The van der Waals surface area contributed by atoms with Gasteiger partial charge in [-0.1, -0.05) is 5.92 Å². The molecule has 1 radical (unpaired) electrons. The van der Waals surface area contributed by atoms with Gasteiger partial charge < -0.3 is 9.47 Å². The van der Waals surface area contributed by atoms with E-state index in [1.807, 2.05) is 0 Å². The van der Waals surface area contributed by atoms with Crippen molar-refractivity contribution in [3.63, 3.8) is 0 Å². The lowest BCUT2D eigenvalue weighted by atomic mass is 10.3. The van der Waals surface area contributed by atoms with Crippen molar-refractivity contribution in [1.82, 2.24) is 0 Å². The molecule has 0 aromatic rings. The summed E-state index contributed by atoms with van der Waals surface area (Å²) in [6.45, 7) is 4.13. The first-order valence-corrected chi connectivity index (χ1v) is 3.77. The Kier molecular flexibility index (Phi) is 5.65. The van der Waals surface area contributed by atoms with Crippen LogP contribution in [0.15, 0.2) is 0 Å². The zero-order chi connectivity index (χ0) is 11.0. The van der Waals surface area contributed by atoms with Crippen molar-refractivity contribution < 1.29 is 19.1 Å². The van der Waals surface area contributed by atoms with Crippen LogP contribution >= 0.6 is 0 Å². The number of esters is 1. The summed E-state index contributed by atoms with van der Waals surface area (Å²) in [4.78, 5) is 21.1. The van der Waals surface area contributed by atoms with Crippen molar-refractivity contribution in [3.05, 3.63) is 0 Å². The average molecular weight is 193 g/mol. The van der Waals surface area contributed by atoms with Crippen LogP contribution in [0.3, 0.4) is 0 Å². The molecule has 0 aromatic carbocycles. The Morgan fingerprint density at radius 2 is 2.14 bits per heavy atom. The summed E-state index contributed by atoms with van der Waals surface area (Å²) in [7, 11) is 0. The van der Waals surface area contributed by atoms with Crippen LogP contribution in [0.1, 0.15) is 13.8 Å². The predicted octanol–water partition coefficient (Wildman–Crippen LogP) is 0.0270. The van der Waals surface area contributed by atoms with E-state index in [4.69, 9.17) is 6.42 Å². The van der Waals surface area contributed by atoms with Crippen LogP contribution < -0.4 is 0 Å². The number of ether oxygens (including phenoxy) is 2. The minimum absolute atomic E-state index is 0.682. The zero-order valence-corrected chi connectivity index (χ0v) is 7.87. The second-order valence-corrected chi connectivity index (χ2v) is 2.22. The van der Waals surface area contributed by atoms with Gasteiger partial charge in [-0.2, -0.15) is 0 Å². The highest BCUT2D eigenvalue weighted by molar-refractivity contribution is 5.79. The van der Waals surface area contributed by atoms with Crippen LogP contribution in [0.5, 0.6) is 0 Å². The predicted molar refractivity (Wildman–Crippen MR) is 48.4 cm³/mol. The van der Waals surface area contributed by atoms with E-state index >= 15 is 0 Å². The van der Waals surface area contributed by atoms with Crippen LogP contribution in [0, 0.1) is 24.2 Å². The quantitative estimate of drug-likeness (QED) is 0.467. The van der Waals surface area contributed by atoms with E-state index in [1.54, 1.807) is 0 Å². The standard InChI is InChI=1S/C10H9O4/c1-4-6-9(13-7-11)10(12)14-8(3)5-2/h2,8-9H,1,3H3. The smallest absolute Gasteiger partial charge is 0.419 e. The van der Waals surface area contributed by atoms with E-state index in [0.717, 1.165) is 6.47 Å². The Labute approximate surface area is 82.6 Å². The molecule has 0 saturated heterocycles. The lowest BCUT2D eigenvalue weighted by Crippen LogP contribution is -2.27. The Morgan fingerprint density at radius 3 is 2.57 bits per heavy atom. The molecular formula is C10H9O4. The molecule has 4 heteroatoms. The van der Waals surface area contributed by atoms with E-state index in [0.29, 0.717) is 0 Å². The SMILES string of the molecule is C#CC(C)OC(=O)C(C#CC)O[C]=O. The second kappa shape index (κ2) is 6.56. The minimum Gasteiger partial charge on any atom is -0.446 e. The van der Waals surface area contributed by atoms with Gasteiger partial charge >= 0.3 is 12.4 Å². The molecule has 0 saturated carbocycles. The topological polar surface area (TPSA) is 52.6 Å². The Balaban J connectivity index is 4.35. The number of hydrogen-bond donors (Lipinski definition) is 0. The van der Waals surface area contributed by atoms with Gasteiger partial charge in [0.1, 0.15) is 0 Å². The van der Waals surface area contributed by atoms with Crippen molar-refractivity contribution in [2.24, 2.45) is 0 Å². The number of carbonyl (C=O) groups is 1. The number of terminal acetylenes is 1. The molecule has 0 aliphatic rings. The number of rotatable bonds is 4. The lowest BCUT2D eigenvalue weighted by Gasteiger charge is -2.10. The highest BCUT2D eigenvalue weighted by Gasteiger charge is 2.20. The molecule has 0 heterocycles. The van der Waals surface area contributed by atoms with Gasteiger partial charge in [0, 0.05) is 0 Å². The summed E-state index contributed by atoms with van der Waals surface area (Å²) < 4.78 is 8.95. The maximum absolute atomic E-state index is 11.2. The molecule has 0 aliphatic heterocycles. The normalized spacial score (nSPS) is 12.4. The highest BCUT2D eigenvalue weighted by atomic mass is 16.6. The highest BCUT2D eigenvalue weighted by Crippen LogP contribution is 1.97. The third-order valence-corrected chi connectivity index (χ3v) is 1.18. The van der Waals surface area contributed by atoms with Crippen molar-refractivity contribution in [2.45, 2.75) is 26.1 Å². The Morgan fingerprint density at radius 1 is 1.50 bits per heavy atom. The van der Waals surface area contributed by atoms with Crippen LogP contribution in [0.4, 0.5) is 0 Å². The fraction of sp³-hybridized carbons (Fsp3) is 0.400. The monoisotopic (exact) mass is 193 g/mol. The molecule has 0 amide bonds. The van der Waals surface area contributed by atoms with Crippen LogP contribution in [0.25, 0.3) is 0 Å². The number of carbonyl (C=O) groups excluding carboxylic acids is 2. The van der Waals surface area contributed by atoms with Crippen LogP contribution in [0.2, 0.25) is 0 Å². The molecule has 0 spiro atoms. The molecule has 0 aliphatic carbocycles. The molecule has 73 valence electrons. The molecule has 0 fully saturated rings. The second-order valence-electron chi connectivity index (χ2n) is 2.22. The van der Waals surface area contributed by atoms with Crippen molar-refractivity contribution in [1.29, 1.82) is 0 Å². The van der Waals surface area contributed by atoms with Crippen molar-refractivity contribution in [3.8, 4) is 24.2 Å². The van der Waals surface area contributed by atoms with E-state index < -0.39 is 18.2 Å². The maximum Gasteiger partial charge on any atom is 0.419 e. The van der Waals surface area contributed by atoms with Crippen molar-refractivity contribution >= 4 is 12.4 Å². The molecule has 2 atom stereocenters. The summed E-state index contributed by atoms with van der Waals surface area (Å²) in [6.07, 6.45) is 3.05. The molecular weight excluding hydrogens is 184 g/mol. The van der Waals surface area contributed by atoms with Gasteiger partial charge in [0.05, 0.1) is 0 Å². The average Bonchev–Trinajstić information content (AvgIpc) is 2.17. The van der Waals surface area contributed by atoms with Gasteiger partial charge in [0.2, 0.25) is 0 Å². The summed E-state index contributed by atoms with van der Waals surface area (Å²) in [5.41, 5.74) is 0. The van der Waals surface area contributed by atoms with E-state index in [-0.39, 0.29) is 0 Å². The van der Waals surface area contributed by atoms with E-state index in [1.165, 1.54) is 13.8 Å². The lowest BCUT2D eigenvalue weighted by molar-refractivity contribution is -0.151. The fourth-order valence-electron chi connectivity index (χ4n) is 0.586. The van der Waals surface area contributed by atoms with Gasteiger partial charge in [-0.05, 0) is 19.8 Å². The minimum atomic E-state index is -1.26. The summed E-state index contributed by atoms with van der Waals surface area (Å²) in [6, 6.07) is 0. The van der Waals surface area contributed by atoms with Crippen LogP contribution in [-0.4, -0.2) is 24.6 Å². The first-order valence-electron chi connectivity index (χ1n) is 3.77. The molecule has 14 heavy (non-hydrogen) atoms. The third-order valence-electron chi connectivity index (χ3n) is 1.18. The summed E-state index contributed by atoms with van der Waals surface area (Å²) in [5.74, 6) is 6.14. The Bertz CT molecular complexity index is 302. The van der Waals surface area contributed by atoms with Gasteiger partial charge in [0.15, 0.2) is 6.10 Å². The van der Waals surface area contributed by atoms with E-state index in [2.05, 4.69) is 27.2 Å². The molecule has 4 nitrogen and oxygen atoms in total. The van der Waals surface area contributed by atoms with Crippen LogP contribution in [-0.2, 0) is 19.1 Å². The van der Waals surface area contributed by atoms with Gasteiger partial charge in [-0.15, -0.1) is 12.3 Å². The first-order chi connectivity index (χ1) is 6.65. The Hall–Kier alpha value is -1.94. The van der Waals surface area contributed by atoms with Gasteiger partial charge in [-0.3, -0.25) is 0 Å². The largest absolute Gasteiger partial charge is 0.446 e. The molecule has 0 aromatic heterocycles. The van der Waals surface area contributed by atoms with Gasteiger partial charge in [-0.25, -0.2) is 9.59 Å². The molecule has 0 bridgehead atoms. The number of hydrogen-bond acceptors (Lipinski definition) is 4. The first kappa shape index (κ1) is 12.1. The fourth-order valence-corrected chi connectivity index (χ4v) is 0.586. The zero-order valence-electron chi connectivity index (χ0n) is 7.87. The van der Waals surface area contributed by atoms with E-state index in [9.17, 15) is 9.59 Å². The van der Waals surface area contributed by atoms with Crippen molar-refractivity contribution in [2.75, 3.05) is 0 Å². The summed E-state index contributed by atoms with van der Waals surface area (Å²) >= 11 is 0.